The van der Waals surface area contributed by atoms with Gasteiger partial charge in [0.15, 0.2) is 0 Å². The van der Waals surface area contributed by atoms with Crippen molar-refractivity contribution in [1.82, 2.24) is 9.55 Å². The van der Waals surface area contributed by atoms with Crippen molar-refractivity contribution in [3.8, 4) is 5.88 Å². The lowest BCUT2D eigenvalue weighted by Crippen LogP contribution is -2.24. The Bertz CT molecular complexity index is 945. The predicted octanol–water partition coefficient (Wildman–Crippen LogP) is 2.46. The number of carbonyl (C=O) groups is 2. The van der Waals surface area contributed by atoms with Crippen molar-refractivity contribution >= 4 is 22.6 Å². The van der Waals surface area contributed by atoms with E-state index in [1.54, 1.807) is 13.1 Å². The number of hydrogen-bond donors (Lipinski definition) is 1. The third-order valence-corrected chi connectivity index (χ3v) is 4.12. The average Bonchev–Trinajstić information content (AvgIpc) is 2.88. The lowest BCUT2D eigenvalue weighted by Gasteiger charge is -2.09. The number of ketones is 1. The highest BCUT2D eigenvalue weighted by atomic mass is 16.5. The number of amides is 1. The van der Waals surface area contributed by atoms with Crippen LogP contribution < -0.4 is 10.5 Å². The number of nitrogens with two attached hydrogens (primary N) is 1. The second-order valence-electron chi connectivity index (χ2n) is 5.67. The molecule has 6 heteroatoms. The van der Waals surface area contributed by atoms with E-state index in [1.165, 1.54) is 0 Å². The highest BCUT2D eigenvalue weighted by molar-refractivity contribution is 6.45. The highest BCUT2D eigenvalue weighted by Gasteiger charge is 2.26. The second kappa shape index (κ2) is 6.76. The highest BCUT2D eigenvalue weighted by Crippen LogP contribution is 2.33. The van der Waals surface area contributed by atoms with Crippen molar-refractivity contribution in [3.05, 3.63) is 59.4 Å². The van der Waals surface area contributed by atoms with Gasteiger partial charge < -0.3 is 15.0 Å². The van der Waals surface area contributed by atoms with Gasteiger partial charge in [0.25, 0.3) is 11.7 Å². The molecule has 0 saturated carbocycles. The number of carbonyl (C=O) groups excluding carboxylic acids is 2. The molecule has 6 nitrogen and oxygen atoms in total. The molecule has 0 aliphatic heterocycles. The van der Waals surface area contributed by atoms with Crippen LogP contribution in [0.25, 0.3) is 10.9 Å². The van der Waals surface area contributed by atoms with Gasteiger partial charge in [-0.1, -0.05) is 30.3 Å². The van der Waals surface area contributed by atoms with Crippen molar-refractivity contribution in [2.75, 3.05) is 6.61 Å². The standard InChI is InChI=1S/C19H19N3O3/c1-3-25-19-16-14(9-10-21-19)22(11-13-7-5-4-6-8-13)12(2)15(16)17(23)18(20)24/h4-10H,3,11H2,1-2H3,(H2,20,24). The Morgan fingerprint density at radius 3 is 2.56 bits per heavy atom. The molecule has 2 N–H and O–H groups in total. The molecule has 0 radical (unpaired) electrons. The Kier molecular flexibility index (Phi) is 4.52. The van der Waals surface area contributed by atoms with Crippen molar-refractivity contribution in [2.45, 2.75) is 20.4 Å². The predicted molar refractivity (Wildman–Crippen MR) is 94.7 cm³/mol. The number of fused-ring (bicyclic) bond motifs is 1. The molecule has 2 heterocycles. The molecule has 0 saturated heterocycles. The molecule has 0 unspecified atom stereocenters. The number of aromatic nitrogens is 2. The second-order valence-corrected chi connectivity index (χ2v) is 5.67. The quantitative estimate of drug-likeness (QED) is 0.553. The molecule has 0 fully saturated rings. The maximum absolute atomic E-state index is 12.4. The number of Topliss-reactive ketones (excluding diaryl/α,β-unsaturated/α-hetero) is 1. The third kappa shape index (κ3) is 2.98. The fourth-order valence-corrected chi connectivity index (χ4v) is 3.01. The Morgan fingerprint density at radius 2 is 1.92 bits per heavy atom. The molecule has 2 aromatic heterocycles. The summed E-state index contributed by atoms with van der Waals surface area (Å²) in [6.07, 6.45) is 1.63. The topological polar surface area (TPSA) is 87.2 Å². The zero-order valence-electron chi connectivity index (χ0n) is 14.2. The van der Waals surface area contributed by atoms with E-state index in [0.29, 0.717) is 30.1 Å². The van der Waals surface area contributed by atoms with E-state index >= 15 is 0 Å². The molecule has 128 valence electrons. The molecular weight excluding hydrogens is 318 g/mol. The number of ether oxygens (including phenoxy) is 1. The van der Waals surface area contributed by atoms with Gasteiger partial charge >= 0.3 is 0 Å². The van der Waals surface area contributed by atoms with Gasteiger partial charge in [0.05, 0.1) is 23.1 Å². The summed E-state index contributed by atoms with van der Waals surface area (Å²) in [5.41, 5.74) is 8.04. The monoisotopic (exact) mass is 337 g/mol. The van der Waals surface area contributed by atoms with Crippen molar-refractivity contribution in [3.63, 3.8) is 0 Å². The molecule has 1 aromatic carbocycles. The lowest BCUT2D eigenvalue weighted by atomic mass is 10.1. The van der Waals surface area contributed by atoms with E-state index in [9.17, 15) is 9.59 Å². The smallest absolute Gasteiger partial charge is 0.289 e. The SMILES string of the molecule is CCOc1nccc2c1c(C(=O)C(N)=O)c(C)n2Cc1ccccc1. The summed E-state index contributed by atoms with van der Waals surface area (Å²) in [7, 11) is 0. The van der Waals surface area contributed by atoms with E-state index < -0.39 is 11.7 Å². The average molecular weight is 337 g/mol. The summed E-state index contributed by atoms with van der Waals surface area (Å²) in [5.74, 6) is -1.39. The Balaban J connectivity index is 2.27. The zero-order valence-corrected chi connectivity index (χ0v) is 14.2. The van der Waals surface area contributed by atoms with Crippen LogP contribution in [0.5, 0.6) is 5.88 Å². The number of primary amides is 1. The summed E-state index contributed by atoms with van der Waals surface area (Å²) in [6.45, 7) is 4.60. The van der Waals surface area contributed by atoms with Crippen LogP contribution >= 0.6 is 0 Å². The van der Waals surface area contributed by atoms with Gasteiger partial charge in [-0.3, -0.25) is 9.59 Å². The fraction of sp³-hybridized carbons (Fsp3) is 0.211. The molecule has 0 aliphatic carbocycles. The molecule has 0 spiro atoms. The molecule has 3 aromatic rings. The molecule has 1 amide bonds. The third-order valence-electron chi connectivity index (χ3n) is 4.12. The first-order valence-electron chi connectivity index (χ1n) is 8.03. The summed E-state index contributed by atoms with van der Waals surface area (Å²) in [5, 5.41) is 0.529. The normalized spacial score (nSPS) is 10.8. The maximum Gasteiger partial charge on any atom is 0.289 e. The van der Waals surface area contributed by atoms with E-state index in [-0.39, 0.29) is 5.56 Å². The van der Waals surface area contributed by atoms with Crippen LogP contribution in [0.15, 0.2) is 42.6 Å². The van der Waals surface area contributed by atoms with Gasteiger partial charge in [-0.15, -0.1) is 0 Å². The summed E-state index contributed by atoms with van der Waals surface area (Å²) < 4.78 is 7.56. The first-order chi connectivity index (χ1) is 12.0. The first-order valence-corrected chi connectivity index (χ1v) is 8.03. The van der Waals surface area contributed by atoms with Crippen molar-refractivity contribution in [1.29, 1.82) is 0 Å². The Labute approximate surface area is 145 Å². The fourth-order valence-electron chi connectivity index (χ4n) is 3.01. The number of hydrogen-bond acceptors (Lipinski definition) is 4. The van der Waals surface area contributed by atoms with Crippen molar-refractivity contribution in [2.24, 2.45) is 5.73 Å². The number of nitrogens with zero attached hydrogens (tertiary/aromatic N) is 2. The van der Waals surface area contributed by atoms with Crippen molar-refractivity contribution < 1.29 is 14.3 Å². The Morgan fingerprint density at radius 1 is 1.20 bits per heavy atom. The zero-order chi connectivity index (χ0) is 18.0. The van der Waals surface area contributed by atoms with Crippen LogP contribution in [0.4, 0.5) is 0 Å². The minimum absolute atomic E-state index is 0.259. The Hall–Kier alpha value is -3.15. The lowest BCUT2D eigenvalue weighted by molar-refractivity contribution is -0.114. The van der Waals surface area contributed by atoms with E-state index in [4.69, 9.17) is 10.5 Å². The summed E-state index contributed by atoms with van der Waals surface area (Å²) in [4.78, 5) is 28.2. The minimum atomic E-state index is -0.992. The maximum atomic E-state index is 12.4. The van der Waals surface area contributed by atoms with Crippen LogP contribution in [0, 0.1) is 6.92 Å². The summed E-state index contributed by atoms with van der Waals surface area (Å²) >= 11 is 0. The van der Waals surface area contributed by atoms with Crippen LogP contribution in [0.2, 0.25) is 0 Å². The number of benzene rings is 1. The largest absolute Gasteiger partial charge is 0.477 e. The number of rotatable bonds is 6. The van der Waals surface area contributed by atoms with Gasteiger partial charge in [0.1, 0.15) is 0 Å². The van der Waals surface area contributed by atoms with E-state index in [0.717, 1.165) is 11.1 Å². The molecule has 3 rings (SSSR count). The van der Waals surface area contributed by atoms with E-state index in [2.05, 4.69) is 4.98 Å². The first kappa shape index (κ1) is 16.7. The number of pyridine rings is 1. The van der Waals surface area contributed by atoms with Gasteiger partial charge in [-0.25, -0.2) is 4.98 Å². The van der Waals surface area contributed by atoms with Gasteiger partial charge in [-0.05, 0) is 25.5 Å². The van der Waals surface area contributed by atoms with Crippen LogP contribution in [-0.2, 0) is 11.3 Å². The van der Waals surface area contributed by atoms with Crippen LogP contribution in [-0.4, -0.2) is 27.8 Å². The van der Waals surface area contributed by atoms with Crippen LogP contribution in [0.3, 0.4) is 0 Å². The van der Waals surface area contributed by atoms with Gasteiger partial charge in [0.2, 0.25) is 5.88 Å². The molecule has 0 bridgehead atoms. The van der Waals surface area contributed by atoms with Gasteiger partial charge in [0, 0.05) is 18.4 Å². The van der Waals surface area contributed by atoms with Gasteiger partial charge in [-0.2, -0.15) is 0 Å². The molecule has 0 aliphatic rings. The summed E-state index contributed by atoms with van der Waals surface area (Å²) in [6, 6.07) is 11.7. The minimum Gasteiger partial charge on any atom is -0.477 e. The van der Waals surface area contributed by atoms with E-state index in [1.807, 2.05) is 47.9 Å². The molecule has 25 heavy (non-hydrogen) atoms. The molecule has 0 atom stereocenters. The van der Waals surface area contributed by atoms with Crippen LogP contribution in [0.1, 0.15) is 28.5 Å². The molecular formula is C19H19N3O3.